The van der Waals surface area contributed by atoms with Gasteiger partial charge in [-0.05, 0) is 19.1 Å². The molecule has 0 spiro atoms. The molecule has 1 heterocycles. The lowest BCUT2D eigenvalue weighted by Crippen LogP contribution is -2.48. The van der Waals surface area contributed by atoms with E-state index in [0.29, 0.717) is 17.6 Å². The summed E-state index contributed by atoms with van der Waals surface area (Å²) in [5, 5.41) is 3.82. The highest BCUT2D eigenvalue weighted by atomic mass is 35.5. The van der Waals surface area contributed by atoms with Crippen LogP contribution in [0.15, 0.2) is 18.2 Å². The first-order valence-electron chi connectivity index (χ1n) is 5.55. The minimum Gasteiger partial charge on any atom is -0.312 e. The number of nitrogens with one attached hydrogen (secondary N) is 1. The molecule has 88 valence electrons. The summed E-state index contributed by atoms with van der Waals surface area (Å²) >= 11 is 5.72. The predicted molar refractivity (Wildman–Crippen MR) is 64.2 cm³/mol. The summed E-state index contributed by atoms with van der Waals surface area (Å²) in [7, 11) is 0. The highest BCUT2D eigenvalue weighted by Gasteiger charge is 2.16. The van der Waals surface area contributed by atoms with E-state index >= 15 is 0 Å². The maximum Gasteiger partial charge on any atom is 0.129 e. The summed E-state index contributed by atoms with van der Waals surface area (Å²) in [4.78, 5) is 2.26. The van der Waals surface area contributed by atoms with Crippen molar-refractivity contribution in [3.8, 4) is 0 Å². The van der Waals surface area contributed by atoms with Crippen molar-refractivity contribution in [2.45, 2.75) is 19.5 Å². The lowest BCUT2D eigenvalue weighted by molar-refractivity contribution is 0.197. The summed E-state index contributed by atoms with van der Waals surface area (Å²) in [6.07, 6.45) is 0. The van der Waals surface area contributed by atoms with Gasteiger partial charge in [0.05, 0.1) is 0 Å². The first kappa shape index (κ1) is 11.8. The van der Waals surface area contributed by atoms with Crippen molar-refractivity contribution in [3.05, 3.63) is 34.6 Å². The van der Waals surface area contributed by atoms with Gasteiger partial charge in [-0.1, -0.05) is 17.7 Å². The standard InChI is InChI=1S/C12H16ClFN2/c1-9-7-16(5-4-15-9)8-10-2-3-11(13)6-12(10)14/h2-3,6,9,15H,4-5,7-8H2,1H3/t9-/m0/s1. The Morgan fingerprint density at radius 3 is 3.06 bits per heavy atom. The van der Waals surface area contributed by atoms with Gasteiger partial charge in [-0.25, -0.2) is 4.39 Å². The van der Waals surface area contributed by atoms with Gasteiger partial charge in [-0.3, -0.25) is 4.90 Å². The second-order valence-electron chi connectivity index (χ2n) is 4.33. The molecule has 1 aliphatic heterocycles. The van der Waals surface area contributed by atoms with Crippen molar-refractivity contribution < 1.29 is 4.39 Å². The third-order valence-corrected chi connectivity index (χ3v) is 3.10. The fraction of sp³-hybridized carbons (Fsp3) is 0.500. The van der Waals surface area contributed by atoms with E-state index in [1.807, 2.05) is 0 Å². The van der Waals surface area contributed by atoms with Gasteiger partial charge in [0, 0.05) is 42.8 Å². The summed E-state index contributed by atoms with van der Waals surface area (Å²) in [6.45, 7) is 5.70. The van der Waals surface area contributed by atoms with E-state index in [1.165, 1.54) is 6.07 Å². The van der Waals surface area contributed by atoms with E-state index in [4.69, 9.17) is 11.6 Å². The molecule has 1 aliphatic rings. The molecule has 0 bridgehead atoms. The van der Waals surface area contributed by atoms with Gasteiger partial charge in [0.25, 0.3) is 0 Å². The van der Waals surface area contributed by atoms with E-state index in [1.54, 1.807) is 12.1 Å². The zero-order chi connectivity index (χ0) is 11.5. The van der Waals surface area contributed by atoms with Crippen LogP contribution in [0.3, 0.4) is 0 Å². The first-order chi connectivity index (χ1) is 7.65. The van der Waals surface area contributed by atoms with Crippen LogP contribution >= 0.6 is 11.6 Å². The smallest absolute Gasteiger partial charge is 0.129 e. The monoisotopic (exact) mass is 242 g/mol. The second-order valence-corrected chi connectivity index (χ2v) is 4.76. The molecule has 0 aliphatic carbocycles. The molecule has 1 N–H and O–H groups in total. The molecule has 2 rings (SSSR count). The minimum atomic E-state index is -0.210. The van der Waals surface area contributed by atoms with Crippen LogP contribution < -0.4 is 5.32 Å². The van der Waals surface area contributed by atoms with Crippen LogP contribution in [0.2, 0.25) is 5.02 Å². The molecule has 2 nitrogen and oxygen atoms in total. The van der Waals surface area contributed by atoms with Gasteiger partial charge >= 0.3 is 0 Å². The van der Waals surface area contributed by atoms with Gasteiger partial charge in [-0.2, -0.15) is 0 Å². The number of halogens is 2. The molecule has 0 amide bonds. The van der Waals surface area contributed by atoms with Gasteiger partial charge in [0.2, 0.25) is 0 Å². The van der Waals surface area contributed by atoms with Crippen LogP contribution in [0.5, 0.6) is 0 Å². The van der Waals surface area contributed by atoms with Crippen molar-refractivity contribution in [3.63, 3.8) is 0 Å². The Bertz CT molecular complexity index is 370. The molecule has 4 heteroatoms. The van der Waals surface area contributed by atoms with E-state index in [0.717, 1.165) is 25.2 Å². The lowest BCUT2D eigenvalue weighted by Gasteiger charge is -2.31. The molecule has 0 saturated carbocycles. The number of rotatable bonds is 2. The van der Waals surface area contributed by atoms with Crippen LogP contribution in [0.1, 0.15) is 12.5 Å². The number of piperazine rings is 1. The third-order valence-electron chi connectivity index (χ3n) is 2.86. The summed E-state index contributed by atoms with van der Waals surface area (Å²) in [6, 6.07) is 5.36. The largest absolute Gasteiger partial charge is 0.312 e. The molecule has 16 heavy (non-hydrogen) atoms. The van der Waals surface area contributed by atoms with E-state index < -0.39 is 0 Å². The quantitative estimate of drug-likeness (QED) is 0.856. The molecule has 1 saturated heterocycles. The molecular formula is C12H16ClFN2. The van der Waals surface area contributed by atoms with Gasteiger partial charge in [0.1, 0.15) is 5.82 Å². The van der Waals surface area contributed by atoms with Crippen LogP contribution in [0, 0.1) is 5.82 Å². The van der Waals surface area contributed by atoms with Crippen LogP contribution in [0.25, 0.3) is 0 Å². The number of nitrogens with zero attached hydrogens (tertiary/aromatic N) is 1. The molecule has 1 aromatic carbocycles. The van der Waals surface area contributed by atoms with Gasteiger partial charge < -0.3 is 5.32 Å². The van der Waals surface area contributed by atoms with Crippen LogP contribution in [0.4, 0.5) is 4.39 Å². The van der Waals surface area contributed by atoms with Crippen molar-refractivity contribution in [2.24, 2.45) is 0 Å². The molecular weight excluding hydrogens is 227 g/mol. The second kappa shape index (κ2) is 5.13. The highest BCUT2D eigenvalue weighted by Crippen LogP contribution is 2.16. The maximum atomic E-state index is 13.6. The Labute approximate surface area is 100 Å². The van der Waals surface area contributed by atoms with E-state index in [2.05, 4.69) is 17.1 Å². The normalized spacial score (nSPS) is 22.3. The van der Waals surface area contributed by atoms with Crippen LogP contribution in [-0.4, -0.2) is 30.6 Å². The number of hydrogen-bond acceptors (Lipinski definition) is 2. The number of hydrogen-bond donors (Lipinski definition) is 1. The zero-order valence-corrected chi connectivity index (χ0v) is 10.1. The zero-order valence-electron chi connectivity index (χ0n) is 9.34. The average Bonchev–Trinajstić information content (AvgIpc) is 2.22. The average molecular weight is 243 g/mol. The molecule has 0 radical (unpaired) electrons. The van der Waals surface area contributed by atoms with E-state index in [-0.39, 0.29) is 5.82 Å². The number of benzene rings is 1. The maximum absolute atomic E-state index is 13.6. The Hall–Kier alpha value is -0.640. The Morgan fingerprint density at radius 1 is 1.56 bits per heavy atom. The fourth-order valence-electron chi connectivity index (χ4n) is 2.05. The summed E-state index contributed by atoms with van der Waals surface area (Å²) < 4.78 is 13.6. The minimum absolute atomic E-state index is 0.210. The molecule has 1 atom stereocenters. The van der Waals surface area contributed by atoms with Gasteiger partial charge in [0.15, 0.2) is 0 Å². The molecule has 0 aromatic heterocycles. The van der Waals surface area contributed by atoms with Crippen LogP contribution in [-0.2, 0) is 6.54 Å². The Morgan fingerprint density at radius 2 is 2.38 bits per heavy atom. The topological polar surface area (TPSA) is 15.3 Å². The lowest BCUT2D eigenvalue weighted by atomic mass is 10.1. The van der Waals surface area contributed by atoms with Gasteiger partial charge in [-0.15, -0.1) is 0 Å². The SMILES string of the molecule is C[C@H]1CN(Cc2ccc(Cl)cc2F)CCN1. The molecule has 1 fully saturated rings. The highest BCUT2D eigenvalue weighted by molar-refractivity contribution is 6.30. The summed E-state index contributed by atoms with van der Waals surface area (Å²) in [5.74, 6) is -0.210. The Balaban J connectivity index is 2.02. The third kappa shape index (κ3) is 2.94. The summed E-state index contributed by atoms with van der Waals surface area (Å²) in [5.41, 5.74) is 0.721. The van der Waals surface area contributed by atoms with Crippen molar-refractivity contribution in [2.75, 3.05) is 19.6 Å². The fourth-order valence-corrected chi connectivity index (χ4v) is 2.21. The predicted octanol–water partition coefficient (Wildman–Crippen LogP) is 2.27. The van der Waals surface area contributed by atoms with Crippen molar-refractivity contribution in [1.29, 1.82) is 0 Å². The van der Waals surface area contributed by atoms with Crippen molar-refractivity contribution in [1.82, 2.24) is 10.2 Å². The molecule has 1 aromatic rings. The van der Waals surface area contributed by atoms with Crippen molar-refractivity contribution >= 4 is 11.6 Å². The first-order valence-corrected chi connectivity index (χ1v) is 5.92. The van der Waals surface area contributed by atoms with E-state index in [9.17, 15) is 4.39 Å². The molecule has 0 unspecified atom stereocenters. The Kier molecular flexibility index (Phi) is 3.79.